The molecule has 0 spiro atoms. The van der Waals surface area contributed by atoms with Crippen molar-refractivity contribution in [2.24, 2.45) is 0 Å². The summed E-state index contributed by atoms with van der Waals surface area (Å²) in [6, 6.07) is 20.5. The van der Waals surface area contributed by atoms with Crippen molar-refractivity contribution in [1.29, 1.82) is 0 Å². The standard InChI is InChI=1S/C27H27NO4S/c1-30-23-8-9-24-20(14-23)10-12-28-18-22-17-26(31-2)27(16-21(22)15-25(24)28)32-33(29)13-11-19-6-4-3-5-7-19/h3-9,11,13-14,16-17,25H,10,12,15,18H2,1-2H3/b13-11+. The predicted octanol–water partition coefficient (Wildman–Crippen LogP) is 5.07. The van der Waals surface area contributed by atoms with Gasteiger partial charge in [-0.3, -0.25) is 4.90 Å². The number of nitrogens with zero attached hydrogens (tertiary/aromatic N) is 1. The van der Waals surface area contributed by atoms with Crippen molar-refractivity contribution in [3.8, 4) is 17.2 Å². The van der Waals surface area contributed by atoms with E-state index >= 15 is 0 Å². The van der Waals surface area contributed by atoms with Gasteiger partial charge in [0.05, 0.1) is 14.2 Å². The van der Waals surface area contributed by atoms with Crippen LogP contribution in [0.5, 0.6) is 17.2 Å². The molecule has 0 aliphatic carbocycles. The smallest absolute Gasteiger partial charge is 0.233 e. The second-order valence-corrected chi connectivity index (χ2v) is 9.29. The average molecular weight is 462 g/mol. The molecule has 5 rings (SSSR count). The van der Waals surface area contributed by atoms with Crippen LogP contribution in [0.4, 0.5) is 0 Å². The van der Waals surface area contributed by atoms with E-state index in [2.05, 4.69) is 17.0 Å². The summed E-state index contributed by atoms with van der Waals surface area (Å²) in [5.74, 6) is 2.02. The van der Waals surface area contributed by atoms with Gasteiger partial charge in [0.2, 0.25) is 11.1 Å². The molecule has 6 heteroatoms. The number of hydrogen-bond acceptors (Lipinski definition) is 5. The molecule has 2 atom stereocenters. The lowest BCUT2D eigenvalue weighted by molar-refractivity contribution is 0.160. The van der Waals surface area contributed by atoms with Crippen molar-refractivity contribution >= 4 is 17.2 Å². The summed E-state index contributed by atoms with van der Waals surface area (Å²) in [5.41, 5.74) is 6.13. The van der Waals surface area contributed by atoms with Gasteiger partial charge in [-0.05, 0) is 71.0 Å². The lowest BCUT2D eigenvalue weighted by Gasteiger charge is -2.41. The summed E-state index contributed by atoms with van der Waals surface area (Å²) in [6.45, 7) is 1.87. The number of hydrogen-bond donors (Lipinski definition) is 0. The molecule has 2 heterocycles. The minimum Gasteiger partial charge on any atom is -0.497 e. The van der Waals surface area contributed by atoms with Crippen molar-refractivity contribution in [1.82, 2.24) is 4.90 Å². The van der Waals surface area contributed by atoms with Gasteiger partial charge in [0.25, 0.3) is 0 Å². The molecule has 170 valence electrons. The van der Waals surface area contributed by atoms with Crippen LogP contribution >= 0.6 is 0 Å². The summed E-state index contributed by atoms with van der Waals surface area (Å²) in [4.78, 5) is 2.53. The number of methoxy groups -OCH3 is 2. The molecule has 2 aliphatic rings. The van der Waals surface area contributed by atoms with Crippen molar-refractivity contribution in [3.05, 3.63) is 93.9 Å². The van der Waals surface area contributed by atoms with Gasteiger partial charge in [-0.1, -0.05) is 36.4 Å². The Hall–Kier alpha value is -3.09. The van der Waals surface area contributed by atoms with Crippen LogP contribution in [0.15, 0.2) is 66.1 Å². The van der Waals surface area contributed by atoms with Crippen molar-refractivity contribution in [2.75, 3.05) is 20.8 Å². The Balaban J connectivity index is 1.39. The Morgan fingerprint density at radius 3 is 2.55 bits per heavy atom. The fourth-order valence-corrected chi connectivity index (χ4v) is 5.37. The highest BCUT2D eigenvalue weighted by atomic mass is 32.2. The van der Waals surface area contributed by atoms with Crippen LogP contribution in [0.25, 0.3) is 6.08 Å². The third-order valence-electron chi connectivity index (χ3n) is 6.43. The molecule has 33 heavy (non-hydrogen) atoms. The molecule has 3 aromatic carbocycles. The first-order valence-corrected chi connectivity index (χ1v) is 12.2. The molecule has 0 N–H and O–H groups in total. The second kappa shape index (κ2) is 9.41. The quantitative estimate of drug-likeness (QED) is 0.513. The van der Waals surface area contributed by atoms with Gasteiger partial charge in [-0.15, -0.1) is 0 Å². The van der Waals surface area contributed by atoms with Gasteiger partial charge in [-0.2, -0.15) is 0 Å². The van der Waals surface area contributed by atoms with Crippen LogP contribution in [0, 0.1) is 0 Å². The van der Waals surface area contributed by atoms with E-state index in [1.54, 1.807) is 25.7 Å². The third kappa shape index (κ3) is 4.54. The van der Waals surface area contributed by atoms with Crippen LogP contribution in [0.2, 0.25) is 0 Å². The maximum Gasteiger partial charge on any atom is 0.233 e. The van der Waals surface area contributed by atoms with E-state index in [1.165, 1.54) is 22.3 Å². The van der Waals surface area contributed by atoms with Gasteiger partial charge in [0.15, 0.2) is 11.5 Å². The molecular weight excluding hydrogens is 434 g/mol. The van der Waals surface area contributed by atoms with E-state index in [1.807, 2.05) is 48.5 Å². The minimum atomic E-state index is -1.62. The molecule has 3 aromatic rings. The van der Waals surface area contributed by atoms with E-state index in [9.17, 15) is 4.21 Å². The van der Waals surface area contributed by atoms with Crippen LogP contribution in [0.3, 0.4) is 0 Å². The molecular formula is C27H27NO4S. The largest absolute Gasteiger partial charge is 0.497 e. The first-order valence-electron chi connectivity index (χ1n) is 11.1. The maximum absolute atomic E-state index is 12.6. The van der Waals surface area contributed by atoms with Gasteiger partial charge < -0.3 is 13.7 Å². The van der Waals surface area contributed by atoms with Crippen molar-refractivity contribution in [3.63, 3.8) is 0 Å². The van der Waals surface area contributed by atoms with Crippen molar-refractivity contribution < 1.29 is 17.9 Å². The first kappa shape index (κ1) is 21.7. The monoisotopic (exact) mass is 461 g/mol. The van der Waals surface area contributed by atoms with E-state index in [-0.39, 0.29) is 0 Å². The summed E-state index contributed by atoms with van der Waals surface area (Å²) >= 11 is -1.62. The molecule has 2 aliphatic heterocycles. The Morgan fingerprint density at radius 1 is 0.939 bits per heavy atom. The fourth-order valence-electron chi connectivity index (χ4n) is 4.74. The van der Waals surface area contributed by atoms with E-state index in [0.717, 1.165) is 37.2 Å². The molecule has 0 radical (unpaired) electrons. The first-order chi connectivity index (χ1) is 16.1. The summed E-state index contributed by atoms with van der Waals surface area (Å²) < 4.78 is 29.4. The Morgan fingerprint density at radius 2 is 1.76 bits per heavy atom. The molecule has 2 unspecified atom stereocenters. The Kier molecular flexibility index (Phi) is 6.20. The lowest BCUT2D eigenvalue weighted by atomic mass is 9.84. The van der Waals surface area contributed by atoms with Gasteiger partial charge in [-0.25, -0.2) is 4.21 Å². The Bertz CT molecular complexity index is 1210. The number of rotatable bonds is 6. The fraction of sp³-hybridized carbons (Fsp3) is 0.259. The van der Waals surface area contributed by atoms with Crippen LogP contribution < -0.4 is 13.7 Å². The third-order valence-corrected chi connectivity index (χ3v) is 7.14. The molecule has 0 aromatic heterocycles. The van der Waals surface area contributed by atoms with Crippen molar-refractivity contribution in [2.45, 2.75) is 25.4 Å². The van der Waals surface area contributed by atoms with Gasteiger partial charge in [0, 0.05) is 24.5 Å². The summed E-state index contributed by atoms with van der Waals surface area (Å²) in [7, 11) is 3.33. The number of fused-ring (bicyclic) bond motifs is 4. The van der Waals surface area contributed by atoms with E-state index in [0.29, 0.717) is 17.5 Å². The van der Waals surface area contributed by atoms with Crippen LogP contribution in [-0.4, -0.2) is 29.9 Å². The van der Waals surface area contributed by atoms with Crippen LogP contribution in [0.1, 0.15) is 33.9 Å². The van der Waals surface area contributed by atoms with Gasteiger partial charge >= 0.3 is 0 Å². The molecule has 0 saturated heterocycles. The predicted molar refractivity (Wildman–Crippen MR) is 131 cm³/mol. The SMILES string of the molecule is COc1ccc2c(c1)CCN1Cc3cc(OC)c(OS(=O)/C=C/c4ccccc4)cc3CC21. The summed E-state index contributed by atoms with van der Waals surface area (Å²) in [6.07, 6.45) is 3.69. The number of benzene rings is 3. The molecule has 0 bridgehead atoms. The topological polar surface area (TPSA) is 48.0 Å². The van der Waals surface area contributed by atoms with E-state index in [4.69, 9.17) is 13.7 Å². The van der Waals surface area contributed by atoms with Gasteiger partial charge in [0.1, 0.15) is 5.75 Å². The zero-order chi connectivity index (χ0) is 22.8. The zero-order valence-electron chi connectivity index (χ0n) is 18.8. The summed E-state index contributed by atoms with van der Waals surface area (Å²) in [5, 5.41) is 1.56. The molecule has 0 amide bonds. The highest BCUT2D eigenvalue weighted by Gasteiger charge is 2.33. The molecule has 0 fully saturated rings. The zero-order valence-corrected chi connectivity index (χ0v) is 19.6. The second-order valence-electron chi connectivity index (χ2n) is 8.33. The maximum atomic E-state index is 12.6. The molecule has 0 saturated carbocycles. The highest BCUT2D eigenvalue weighted by Crippen LogP contribution is 2.42. The highest BCUT2D eigenvalue weighted by molar-refractivity contribution is 7.83. The number of ether oxygens (including phenoxy) is 2. The van der Waals surface area contributed by atoms with E-state index < -0.39 is 11.1 Å². The Labute approximate surface area is 197 Å². The normalized spacial score (nSPS) is 18.2. The van der Waals surface area contributed by atoms with Crippen LogP contribution in [-0.2, 0) is 30.5 Å². The minimum absolute atomic E-state index is 0.317. The lowest BCUT2D eigenvalue weighted by Crippen LogP contribution is -2.39. The molecule has 5 nitrogen and oxygen atoms in total. The average Bonchev–Trinajstić information content (AvgIpc) is 2.86.